The smallest absolute Gasteiger partial charge is 0.228 e. The van der Waals surface area contributed by atoms with Crippen LogP contribution in [0.3, 0.4) is 0 Å². The maximum atomic E-state index is 13.2. The van der Waals surface area contributed by atoms with E-state index in [9.17, 15) is 18.4 Å². The number of para-hydroxylation sites is 1. The molecule has 2 aromatic carbocycles. The van der Waals surface area contributed by atoms with Crippen LogP contribution in [0.5, 0.6) is 0 Å². The molecule has 1 aromatic heterocycles. The topological polar surface area (TPSA) is 71.1 Å². The van der Waals surface area contributed by atoms with Gasteiger partial charge >= 0.3 is 0 Å². The van der Waals surface area contributed by atoms with E-state index in [-0.39, 0.29) is 11.6 Å². The third kappa shape index (κ3) is 3.48. The lowest BCUT2D eigenvalue weighted by Gasteiger charge is -2.08. The minimum Gasteiger partial charge on any atom is -0.326 e. The van der Waals surface area contributed by atoms with E-state index in [1.165, 1.54) is 6.07 Å². The Morgan fingerprint density at radius 2 is 1.67 bits per heavy atom. The van der Waals surface area contributed by atoms with Crippen LogP contribution in [0.25, 0.3) is 10.9 Å². The zero-order chi connectivity index (χ0) is 19.0. The number of fused-ring (bicyclic) bond motifs is 1. The van der Waals surface area contributed by atoms with Crippen molar-refractivity contribution in [3.05, 3.63) is 66.4 Å². The number of carbonyl (C=O) groups is 2. The molecule has 27 heavy (non-hydrogen) atoms. The highest BCUT2D eigenvalue weighted by molar-refractivity contribution is 6.06. The number of aromatic nitrogens is 1. The average Bonchev–Trinajstić information content (AvgIpc) is 3.46. The monoisotopic (exact) mass is 367 g/mol. The number of nitrogens with one attached hydrogen (secondary N) is 2. The van der Waals surface area contributed by atoms with Crippen molar-refractivity contribution in [2.45, 2.75) is 6.42 Å². The molecule has 2 amide bonds. The van der Waals surface area contributed by atoms with Crippen LogP contribution in [-0.2, 0) is 9.59 Å². The highest BCUT2D eigenvalue weighted by Gasteiger charge is 2.48. The van der Waals surface area contributed by atoms with E-state index in [1.54, 1.807) is 12.3 Å². The molecule has 2 atom stereocenters. The zero-order valence-corrected chi connectivity index (χ0v) is 14.1. The second kappa shape index (κ2) is 6.75. The molecule has 4 rings (SSSR count). The second-order valence-corrected chi connectivity index (χ2v) is 6.44. The number of carbonyl (C=O) groups excluding carboxylic acids is 2. The summed E-state index contributed by atoms with van der Waals surface area (Å²) in [4.78, 5) is 29.0. The van der Waals surface area contributed by atoms with E-state index in [1.807, 2.05) is 24.3 Å². The normalized spacial score (nSPS) is 18.1. The molecular formula is C20H15F2N3O2. The molecule has 3 aromatic rings. The van der Waals surface area contributed by atoms with Crippen LogP contribution in [-0.4, -0.2) is 16.8 Å². The molecule has 2 unspecified atom stereocenters. The van der Waals surface area contributed by atoms with Gasteiger partial charge in [0, 0.05) is 23.3 Å². The van der Waals surface area contributed by atoms with Crippen LogP contribution in [0.4, 0.5) is 20.2 Å². The van der Waals surface area contributed by atoms with E-state index in [0.29, 0.717) is 17.6 Å². The lowest BCUT2D eigenvalue weighted by Crippen LogP contribution is -2.20. The van der Waals surface area contributed by atoms with E-state index in [4.69, 9.17) is 0 Å². The van der Waals surface area contributed by atoms with Gasteiger partial charge in [-0.2, -0.15) is 0 Å². The molecule has 1 saturated carbocycles. The van der Waals surface area contributed by atoms with Gasteiger partial charge in [0.25, 0.3) is 0 Å². The quantitative estimate of drug-likeness (QED) is 0.738. The predicted molar refractivity (Wildman–Crippen MR) is 97.0 cm³/mol. The first-order chi connectivity index (χ1) is 13.0. The Labute approximate surface area is 153 Å². The standard InChI is InChI=1S/C20H15F2N3O2/c21-15-7-6-12(9-16(15)22)24-19(26)13-10-14(13)20(27)25-17-5-1-3-11-4-2-8-23-18(11)17/h1-9,13-14H,10H2,(H,24,26)(H,25,27). The summed E-state index contributed by atoms with van der Waals surface area (Å²) in [7, 11) is 0. The molecule has 5 nitrogen and oxygen atoms in total. The van der Waals surface area contributed by atoms with Gasteiger partial charge in [-0.1, -0.05) is 18.2 Å². The number of pyridine rings is 1. The molecule has 1 heterocycles. The summed E-state index contributed by atoms with van der Waals surface area (Å²) in [6, 6.07) is 12.3. The highest BCUT2D eigenvalue weighted by atomic mass is 19.2. The highest BCUT2D eigenvalue weighted by Crippen LogP contribution is 2.40. The molecule has 0 saturated heterocycles. The number of rotatable bonds is 4. The summed E-state index contributed by atoms with van der Waals surface area (Å²) in [6.07, 6.45) is 2.05. The summed E-state index contributed by atoms with van der Waals surface area (Å²) < 4.78 is 26.2. The van der Waals surface area contributed by atoms with Crippen LogP contribution in [0.15, 0.2) is 54.7 Å². The fourth-order valence-electron chi connectivity index (χ4n) is 3.01. The van der Waals surface area contributed by atoms with Gasteiger partial charge in [-0.25, -0.2) is 8.78 Å². The lowest BCUT2D eigenvalue weighted by atomic mass is 10.2. The summed E-state index contributed by atoms with van der Waals surface area (Å²) in [6.45, 7) is 0. The number of halogens is 2. The van der Waals surface area contributed by atoms with Gasteiger partial charge < -0.3 is 10.6 Å². The number of benzene rings is 2. The fourth-order valence-corrected chi connectivity index (χ4v) is 3.01. The molecule has 1 aliphatic rings. The Balaban J connectivity index is 1.41. The SMILES string of the molecule is O=C(Nc1ccc(F)c(F)c1)C1CC1C(=O)Nc1cccc2cccnc12. The van der Waals surface area contributed by atoms with E-state index < -0.39 is 29.4 Å². The molecule has 0 aliphatic heterocycles. The molecule has 1 aliphatic carbocycles. The molecule has 0 bridgehead atoms. The van der Waals surface area contributed by atoms with Gasteiger partial charge in [0.15, 0.2) is 11.6 Å². The zero-order valence-electron chi connectivity index (χ0n) is 14.1. The van der Waals surface area contributed by atoms with Crippen LogP contribution in [0, 0.1) is 23.5 Å². The van der Waals surface area contributed by atoms with Crippen molar-refractivity contribution >= 4 is 34.1 Å². The van der Waals surface area contributed by atoms with Gasteiger partial charge in [-0.15, -0.1) is 0 Å². The summed E-state index contributed by atoms with van der Waals surface area (Å²) in [5.41, 5.74) is 1.42. The Bertz CT molecular complexity index is 1050. The van der Waals surface area contributed by atoms with Crippen molar-refractivity contribution in [2.75, 3.05) is 10.6 Å². The summed E-state index contributed by atoms with van der Waals surface area (Å²) in [5.74, 6) is -3.65. The first-order valence-electron chi connectivity index (χ1n) is 8.43. The molecule has 7 heteroatoms. The second-order valence-electron chi connectivity index (χ2n) is 6.44. The minimum absolute atomic E-state index is 0.156. The fraction of sp³-hybridized carbons (Fsp3) is 0.150. The third-order valence-corrected chi connectivity index (χ3v) is 4.54. The summed E-state index contributed by atoms with van der Waals surface area (Å²) >= 11 is 0. The van der Waals surface area contributed by atoms with Gasteiger partial charge in [-0.3, -0.25) is 14.6 Å². The van der Waals surface area contributed by atoms with Gasteiger partial charge in [-0.05, 0) is 30.7 Å². The maximum Gasteiger partial charge on any atom is 0.228 e. The molecular weight excluding hydrogens is 352 g/mol. The number of hydrogen-bond acceptors (Lipinski definition) is 3. The maximum absolute atomic E-state index is 13.2. The van der Waals surface area contributed by atoms with Gasteiger partial charge in [0.1, 0.15) is 0 Å². The van der Waals surface area contributed by atoms with Crippen molar-refractivity contribution in [3.63, 3.8) is 0 Å². The van der Waals surface area contributed by atoms with Crippen molar-refractivity contribution < 1.29 is 18.4 Å². The molecule has 2 N–H and O–H groups in total. The number of anilines is 2. The average molecular weight is 367 g/mol. The number of hydrogen-bond donors (Lipinski definition) is 2. The van der Waals surface area contributed by atoms with Crippen molar-refractivity contribution in [2.24, 2.45) is 11.8 Å². The molecule has 0 spiro atoms. The first kappa shape index (κ1) is 17.1. The van der Waals surface area contributed by atoms with Crippen LogP contribution < -0.4 is 10.6 Å². The number of nitrogens with zero attached hydrogens (tertiary/aromatic N) is 1. The van der Waals surface area contributed by atoms with Gasteiger partial charge in [0.05, 0.1) is 23.0 Å². The van der Waals surface area contributed by atoms with Crippen LogP contribution in [0.1, 0.15) is 6.42 Å². The summed E-state index contributed by atoms with van der Waals surface area (Å²) in [5, 5.41) is 6.24. The van der Waals surface area contributed by atoms with Crippen LogP contribution >= 0.6 is 0 Å². The molecule has 0 radical (unpaired) electrons. The first-order valence-corrected chi connectivity index (χ1v) is 8.43. The third-order valence-electron chi connectivity index (χ3n) is 4.54. The lowest BCUT2D eigenvalue weighted by molar-refractivity contribution is -0.122. The van der Waals surface area contributed by atoms with Gasteiger partial charge in [0.2, 0.25) is 11.8 Å². The predicted octanol–water partition coefficient (Wildman–Crippen LogP) is 3.73. The van der Waals surface area contributed by atoms with Crippen LogP contribution in [0.2, 0.25) is 0 Å². The van der Waals surface area contributed by atoms with Crippen molar-refractivity contribution in [3.8, 4) is 0 Å². The Kier molecular flexibility index (Phi) is 4.27. The van der Waals surface area contributed by atoms with E-state index in [0.717, 1.165) is 17.5 Å². The van der Waals surface area contributed by atoms with E-state index >= 15 is 0 Å². The minimum atomic E-state index is -1.04. The Morgan fingerprint density at radius 3 is 2.44 bits per heavy atom. The Hall–Kier alpha value is -3.35. The van der Waals surface area contributed by atoms with Crippen molar-refractivity contribution in [1.29, 1.82) is 0 Å². The number of amides is 2. The molecule has 136 valence electrons. The molecule has 1 fully saturated rings. The largest absolute Gasteiger partial charge is 0.326 e. The van der Waals surface area contributed by atoms with E-state index in [2.05, 4.69) is 15.6 Å². The Morgan fingerprint density at radius 1 is 0.926 bits per heavy atom. The van der Waals surface area contributed by atoms with Crippen molar-refractivity contribution in [1.82, 2.24) is 4.98 Å².